The molecule has 0 spiro atoms. The average molecular weight is 405 g/mol. The molecule has 2 aliphatic heterocycles. The maximum absolute atomic E-state index is 12.8. The maximum Gasteiger partial charge on any atom is 0.239 e. The van der Waals surface area contributed by atoms with E-state index in [9.17, 15) is 4.79 Å². The first-order valence-electron chi connectivity index (χ1n) is 9.38. The summed E-state index contributed by atoms with van der Waals surface area (Å²) in [7, 11) is 0. The van der Waals surface area contributed by atoms with Crippen LogP contribution in [0.4, 0.5) is 0 Å². The minimum Gasteiger partial charge on any atom is -0.361 e. The fraction of sp³-hybridized carbons (Fsp3) is 0.778. The molecule has 3 heterocycles. The lowest BCUT2D eigenvalue weighted by molar-refractivity contribution is -0.135. The summed E-state index contributed by atoms with van der Waals surface area (Å²) in [5.41, 5.74) is 0.980. The van der Waals surface area contributed by atoms with Crippen molar-refractivity contribution in [1.29, 1.82) is 0 Å². The Kier molecular flexibility index (Phi) is 7.76. The molecule has 1 N–H and O–H groups in total. The Balaban J connectivity index is 0.00000121. The molecule has 1 saturated carbocycles. The molecule has 3 fully saturated rings. The summed E-state index contributed by atoms with van der Waals surface area (Å²) in [5, 5.41) is 7.68. The lowest BCUT2D eigenvalue weighted by Gasteiger charge is -2.35. The Morgan fingerprint density at radius 3 is 2.62 bits per heavy atom. The Labute approximate surface area is 167 Å². The highest BCUT2D eigenvalue weighted by molar-refractivity contribution is 5.85. The minimum absolute atomic E-state index is 0. The van der Waals surface area contributed by atoms with Gasteiger partial charge >= 0.3 is 0 Å². The molecule has 148 valence electrons. The summed E-state index contributed by atoms with van der Waals surface area (Å²) < 4.78 is 5.13. The van der Waals surface area contributed by atoms with Crippen LogP contribution in [0.2, 0.25) is 0 Å². The number of nitrogens with zero attached hydrogens (tertiary/aromatic N) is 3. The monoisotopic (exact) mass is 404 g/mol. The zero-order chi connectivity index (χ0) is 16.5. The highest BCUT2D eigenvalue weighted by Gasteiger charge is 2.40. The van der Waals surface area contributed by atoms with Gasteiger partial charge in [-0.05, 0) is 32.1 Å². The fourth-order valence-corrected chi connectivity index (χ4v) is 4.58. The van der Waals surface area contributed by atoms with E-state index in [2.05, 4.69) is 20.3 Å². The number of aryl methyl sites for hydroxylation is 1. The molecule has 6 nitrogen and oxygen atoms in total. The molecular weight excluding hydrogens is 375 g/mol. The molecular formula is C18H30Cl2N4O2. The molecule has 1 aromatic rings. The molecule has 3 atom stereocenters. The third-order valence-electron chi connectivity index (χ3n) is 5.91. The van der Waals surface area contributed by atoms with E-state index in [1.807, 2.05) is 13.0 Å². The fourth-order valence-electron chi connectivity index (χ4n) is 4.58. The van der Waals surface area contributed by atoms with Crippen LogP contribution >= 0.6 is 24.8 Å². The number of hydrogen-bond donors (Lipinski definition) is 1. The first kappa shape index (κ1) is 21.5. The standard InChI is InChI=1S/C18H28N4O2.2ClH/c1-13-10-15(20-24-13)12-21-6-8-22(9-7-21)18(23)17-11-14-4-2-3-5-16(14)19-17;;/h10,14,16-17,19H,2-9,11-12H2,1H3;2*1H. The Hall–Kier alpha value is -0.820. The molecule has 4 rings (SSSR count). The summed E-state index contributed by atoms with van der Waals surface area (Å²) in [6.07, 6.45) is 6.24. The van der Waals surface area contributed by atoms with E-state index < -0.39 is 0 Å². The van der Waals surface area contributed by atoms with E-state index in [0.717, 1.165) is 56.5 Å². The van der Waals surface area contributed by atoms with Crippen molar-refractivity contribution in [3.63, 3.8) is 0 Å². The van der Waals surface area contributed by atoms with Gasteiger partial charge in [0.2, 0.25) is 5.91 Å². The number of rotatable bonds is 3. The molecule has 0 bridgehead atoms. The van der Waals surface area contributed by atoms with Gasteiger partial charge in [-0.15, -0.1) is 24.8 Å². The van der Waals surface area contributed by atoms with Gasteiger partial charge in [-0.1, -0.05) is 18.0 Å². The second kappa shape index (κ2) is 9.40. The molecule has 3 unspecified atom stereocenters. The predicted molar refractivity (Wildman–Crippen MR) is 105 cm³/mol. The van der Waals surface area contributed by atoms with Crippen LogP contribution in [0.25, 0.3) is 0 Å². The second-order valence-electron chi connectivity index (χ2n) is 7.64. The lowest BCUT2D eigenvalue weighted by atomic mass is 9.85. The Bertz CT molecular complexity index is 576. The van der Waals surface area contributed by atoms with Gasteiger partial charge in [0, 0.05) is 44.8 Å². The van der Waals surface area contributed by atoms with Crippen molar-refractivity contribution in [2.75, 3.05) is 26.2 Å². The van der Waals surface area contributed by atoms with Gasteiger partial charge in [-0.3, -0.25) is 9.69 Å². The van der Waals surface area contributed by atoms with Gasteiger partial charge in [0.25, 0.3) is 0 Å². The van der Waals surface area contributed by atoms with E-state index in [-0.39, 0.29) is 30.9 Å². The quantitative estimate of drug-likeness (QED) is 0.837. The number of fused-ring (bicyclic) bond motifs is 1. The predicted octanol–water partition coefficient (Wildman–Crippen LogP) is 2.39. The summed E-state index contributed by atoms with van der Waals surface area (Å²) in [6, 6.07) is 2.63. The molecule has 2 saturated heterocycles. The smallest absolute Gasteiger partial charge is 0.239 e. The first-order valence-corrected chi connectivity index (χ1v) is 9.38. The number of carbonyl (C=O) groups is 1. The average Bonchev–Trinajstić information content (AvgIpc) is 3.21. The molecule has 1 aliphatic carbocycles. The number of aromatic nitrogens is 1. The van der Waals surface area contributed by atoms with Crippen LogP contribution < -0.4 is 5.32 Å². The Morgan fingerprint density at radius 2 is 1.96 bits per heavy atom. The molecule has 3 aliphatic rings. The van der Waals surface area contributed by atoms with Gasteiger partial charge in [-0.2, -0.15) is 0 Å². The van der Waals surface area contributed by atoms with Gasteiger partial charge in [-0.25, -0.2) is 0 Å². The van der Waals surface area contributed by atoms with Crippen molar-refractivity contribution >= 4 is 30.7 Å². The number of amides is 1. The zero-order valence-corrected chi connectivity index (χ0v) is 17.0. The van der Waals surface area contributed by atoms with Crippen LogP contribution in [-0.4, -0.2) is 59.1 Å². The van der Waals surface area contributed by atoms with Gasteiger partial charge < -0.3 is 14.7 Å². The van der Waals surface area contributed by atoms with Gasteiger partial charge in [0.1, 0.15) is 5.76 Å². The highest BCUT2D eigenvalue weighted by Crippen LogP contribution is 2.33. The van der Waals surface area contributed by atoms with Crippen LogP contribution in [-0.2, 0) is 11.3 Å². The van der Waals surface area contributed by atoms with E-state index in [1.165, 1.54) is 25.7 Å². The number of hydrogen-bond acceptors (Lipinski definition) is 5. The summed E-state index contributed by atoms with van der Waals surface area (Å²) in [6.45, 7) is 6.20. The van der Waals surface area contributed by atoms with Crippen molar-refractivity contribution in [3.8, 4) is 0 Å². The SMILES string of the molecule is Cc1cc(CN2CCN(C(=O)C3CC4CCCCC4N3)CC2)no1.Cl.Cl. The first-order chi connectivity index (χ1) is 11.7. The number of piperazine rings is 1. The summed E-state index contributed by atoms with van der Waals surface area (Å²) in [4.78, 5) is 17.2. The molecule has 8 heteroatoms. The van der Waals surface area contributed by atoms with E-state index in [4.69, 9.17) is 4.52 Å². The second-order valence-corrected chi connectivity index (χ2v) is 7.64. The van der Waals surface area contributed by atoms with E-state index in [1.54, 1.807) is 0 Å². The van der Waals surface area contributed by atoms with Crippen LogP contribution in [0.3, 0.4) is 0 Å². The van der Waals surface area contributed by atoms with Crippen molar-refractivity contribution < 1.29 is 9.32 Å². The number of halogens is 2. The third kappa shape index (κ3) is 4.71. The zero-order valence-electron chi connectivity index (χ0n) is 15.4. The number of carbonyl (C=O) groups excluding carboxylic acids is 1. The van der Waals surface area contributed by atoms with E-state index in [0.29, 0.717) is 11.9 Å². The van der Waals surface area contributed by atoms with Crippen LogP contribution in [0.1, 0.15) is 43.6 Å². The molecule has 26 heavy (non-hydrogen) atoms. The van der Waals surface area contributed by atoms with E-state index >= 15 is 0 Å². The molecule has 1 aromatic heterocycles. The normalized spacial score (nSPS) is 28.8. The Morgan fingerprint density at radius 1 is 1.23 bits per heavy atom. The summed E-state index contributed by atoms with van der Waals surface area (Å²) >= 11 is 0. The van der Waals surface area contributed by atoms with Crippen LogP contribution in [0.15, 0.2) is 10.6 Å². The molecule has 0 aromatic carbocycles. The van der Waals surface area contributed by atoms with Gasteiger partial charge in [0.05, 0.1) is 11.7 Å². The van der Waals surface area contributed by atoms with Gasteiger partial charge in [0.15, 0.2) is 0 Å². The van der Waals surface area contributed by atoms with Crippen molar-refractivity contribution in [1.82, 2.24) is 20.3 Å². The van der Waals surface area contributed by atoms with Crippen LogP contribution in [0, 0.1) is 12.8 Å². The summed E-state index contributed by atoms with van der Waals surface area (Å²) in [5.74, 6) is 1.90. The van der Waals surface area contributed by atoms with Crippen molar-refractivity contribution in [3.05, 3.63) is 17.5 Å². The third-order valence-corrected chi connectivity index (χ3v) is 5.91. The maximum atomic E-state index is 12.8. The van der Waals surface area contributed by atoms with Crippen LogP contribution in [0.5, 0.6) is 0 Å². The topological polar surface area (TPSA) is 61.6 Å². The van der Waals surface area contributed by atoms with Crippen molar-refractivity contribution in [2.45, 2.75) is 57.7 Å². The van der Waals surface area contributed by atoms with Crippen molar-refractivity contribution in [2.24, 2.45) is 5.92 Å². The molecule has 0 radical (unpaired) electrons. The number of nitrogens with one attached hydrogen (secondary N) is 1. The highest BCUT2D eigenvalue weighted by atomic mass is 35.5. The largest absolute Gasteiger partial charge is 0.361 e. The lowest BCUT2D eigenvalue weighted by Crippen LogP contribution is -2.53. The minimum atomic E-state index is 0. The molecule has 1 amide bonds.